The highest BCUT2D eigenvalue weighted by molar-refractivity contribution is 5.27. The molecule has 0 spiro atoms. The summed E-state index contributed by atoms with van der Waals surface area (Å²) >= 11 is 0. The van der Waals surface area contributed by atoms with E-state index < -0.39 is 0 Å². The van der Waals surface area contributed by atoms with Gasteiger partial charge in [-0.3, -0.25) is 0 Å². The van der Waals surface area contributed by atoms with Gasteiger partial charge in [-0.05, 0) is 30.0 Å². The molecular formula is C18H31NO2. The Kier molecular flexibility index (Phi) is 9.11. The lowest BCUT2D eigenvalue weighted by molar-refractivity contribution is 0.0758. The predicted octanol–water partition coefficient (Wildman–Crippen LogP) is 4.02. The fourth-order valence-corrected chi connectivity index (χ4v) is 2.10. The van der Waals surface area contributed by atoms with Crippen LogP contribution in [0.3, 0.4) is 0 Å². The van der Waals surface area contributed by atoms with Crippen molar-refractivity contribution in [3.63, 3.8) is 0 Å². The predicted molar refractivity (Wildman–Crippen MR) is 88.8 cm³/mol. The molecule has 21 heavy (non-hydrogen) atoms. The Hall–Kier alpha value is -1.06. The average molecular weight is 293 g/mol. The van der Waals surface area contributed by atoms with Gasteiger partial charge in [0.25, 0.3) is 0 Å². The van der Waals surface area contributed by atoms with Gasteiger partial charge in [-0.2, -0.15) is 0 Å². The summed E-state index contributed by atoms with van der Waals surface area (Å²) in [5, 5.41) is 3.40. The molecule has 3 heteroatoms. The van der Waals surface area contributed by atoms with Gasteiger partial charge in [0.15, 0.2) is 0 Å². The van der Waals surface area contributed by atoms with Crippen molar-refractivity contribution in [1.82, 2.24) is 5.32 Å². The fourth-order valence-electron chi connectivity index (χ4n) is 2.10. The van der Waals surface area contributed by atoms with E-state index in [9.17, 15) is 0 Å². The lowest BCUT2D eigenvalue weighted by Gasteiger charge is -2.12. The second kappa shape index (κ2) is 10.6. The molecule has 0 bridgehead atoms. The number of ether oxygens (including phenoxy) is 2. The molecule has 0 heterocycles. The van der Waals surface area contributed by atoms with E-state index in [-0.39, 0.29) is 0 Å². The molecule has 0 amide bonds. The lowest BCUT2D eigenvalue weighted by Crippen LogP contribution is -2.21. The van der Waals surface area contributed by atoms with Crippen LogP contribution >= 0.6 is 0 Å². The maximum absolute atomic E-state index is 5.68. The third-order valence-corrected chi connectivity index (χ3v) is 3.32. The summed E-state index contributed by atoms with van der Waals surface area (Å²) in [5.74, 6) is 1.55. The number of hydrogen-bond acceptors (Lipinski definition) is 3. The third kappa shape index (κ3) is 8.74. The average Bonchev–Trinajstić information content (AvgIpc) is 2.46. The quantitative estimate of drug-likeness (QED) is 0.625. The maximum atomic E-state index is 5.68. The monoisotopic (exact) mass is 293 g/mol. The van der Waals surface area contributed by atoms with Gasteiger partial charge in [0.1, 0.15) is 12.4 Å². The Balaban J connectivity index is 2.15. The zero-order valence-corrected chi connectivity index (χ0v) is 14.0. The van der Waals surface area contributed by atoms with Gasteiger partial charge in [-0.1, -0.05) is 46.2 Å². The summed E-state index contributed by atoms with van der Waals surface area (Å²) in [7, 11) is 0. The minimum Gasteiger partial charge on any atom is -0.491 e. The first-order chi connectivity index (χ1) is 10.1. The van der Waals surface area contributed by atoms with E-state index in [0.717, 1.165) is 18.9 Å². The number of hydrogen-bond donors (Lipinski definition) is 1. The van der Waals surface area contributed by atoms with Crippen molar-refractivity contribution in [2.45, 2.75) is 53.1 Å². The molecule has 1 aromatic carbocycles. The maximum Gasteiger partial charge on any atom is 0.119 e. The Morgan fingerprint density at radius 3 is 2.38 bits per heavy atom. The first kappa shape index (κ1) is 18.0. The van der Waals surface area contributed by atoms with Crippen molar-refractivity contribution in [3.8, 4) is 5.75 Å². The van der Waals surface area contributed by atoms with E-state index in [1.807, 2.05) is 12.1 Å². The highest BCUT2D eigenvalue weighted by Crippen LogP contribution is 2.12. The van der Waals surface area contributed by atoms with Gasteiger partial charge in [0.05, 0.1) is 6.61 Å². The second-order valence-corrected chi connectivity index (χ2v) is 6.00. The minimum atomic E-state index is 0.508. The van der Waals surface area contributed by atoms with E-state index in [1.165, 1.54) is 18.4 Å². The molecule has 0 aliphatic heterocycles. The Morgan fingerprint density at radius 1 is 1.05 bits per heavy atom. The number of rotatable bonds is 11. The Bertz CT molecular complexity index is 362. The standard InChI is InChI=1S/C18H31NO2/c1-5-6-16(4)14-20-11-12-21-18-9-7-17(8-10-18)13-19-15(2)3/h7-10,15-16,19H,5-6,11-14H2,1-4H3. The summed E-state index contributed by atoms with van der Waals surface area (Å²) in [5.41, 5.74) is 1.28. The summed E-state index contributed by atoms with van der Waals surface area (Å²) in [6.45, 7) is 11.7. The van der Waals surface area contributed by atoms with Crippen molar-refractivity contribution < 1.29 is 9.47 Å². The van der Waals surface area contributed by atoms with E-state index >= 15 is 0 Å². The summed E-state index contributed by atoms with van der Waals surface area (Å²) in [6.07, 6.45) is 2.45. The fraction of sp³-hybridized carbons (Fsp3) is 0.667. The molecule has 0 radical (unpaired) electrons. The molecule has 1 N–H and O–H groups in total. The summed E-state index contributed by atoms with van der Waals surface area (Å²) in [6, 6.07) is 8.77. The van der Waals surface area contributed by atoms with Crippen LogP contribution in [0.2, 0.25) is 0 Å². The molecule has 0 aliphatic carbocycles. The van der Waals surface area contributed by atoms with Gasteiger partial charge in [0.2, 0.25) is 0 Å². The highest BCUT2D eigenvalue weighted by Gasteiger charge is 2.01. The first-order valence-electron chi connectivity index (χ1n) is 8.14. The normalized spacial score (nSPS) is 12.6. The van der Waals surface area contributed by atoms with Crippen LogP contribution in [-0.4, -0.2) is 25.9 Å². The Morgan fingerprint density at radius 2 is 1.76 bits per heavy atom. The molecule has 1 rings (SSSR count). The van der Waals surface area contributed by atoms with Crippen LogP contribution in [0.25, 0.3) is 0 Å². The van der Waals surface area contributed by atoms with Gasteiger partial charge < -0.3 is 14.8 Å². The van der Waals surface area contributed by atoms with Crippen molar-refractivity contribution in [2.75, 3.05) is 19.8 Å². The van der Waals surface area contributed by atoms with Crippen molar-refractivity contribution >= 4 is 0 Å². The summed E-state index contributed by atoms with van der Waals surface area (Å²) in [4.78, 5) is 0. The molecule has 0 aliphatic rings. The van der Waals surface area contributed by atoms with Crippen LogP contribution in [0.4, 0.5) is 0 Å². The van der Waals surface area contributed by atoms with E-state index in [0.29, 0.717) is 25.2 Å². The molecule has 0 saturated heterocycles. The zero-order valence-electron chi connectivity index (χ0n) is 14.0. The topological polar surface area (TPSA) is 30.5 Å². The molecule has 0 fully saturated rings. The second-order valence-electron chi connectivity index (χ2n) is 6.00. The Labute approximate surface area is 130 Å². The van der Waals surface area contributed by atoms with Crippen LogP contribution < -0.4 is 10.1 Å². The van der Waals surface area contributed by atoms with Crippen LogP contribution in [0.5, 0.6) is 5.75 Å². The SMILES string of the molecule is CCCC(C)COCCOc1ccc(CNC(C)C)cc1. The molecular weight excluding hydrogens is 262 g/mol. The molecule has 1 atom stereocenters. The molecule has 3 nitrogen and oxygen atoms in total. The van der Waals surface area contributed by atoms with Crippen molar-refractivity contribution in [1.29, 1.82) is 0 Å². The van der Waals surface area contributed by atoms with E-state index in [2.05, 4.69) is 45.1 Å². The molecule has 0 aromatic heterocycles. The zero-order chi connectivity index (χ0) is 15.5. The van der Waals surface area contributed by atoms with Crippen molar-refractivity contribution in [3.05, 3.63) is 29.8 Å². The third-order valence-electron chi connectivity index (χ3n) is 3.32. The van der Waals surface area contributed by atoms with Gasteiger partial charge in [-0.15, -0.1) is 0 Å². The largest absolute Gasteiger partial charge is 0.491 e. The number of nitrogens with one attached hydrogen (secondary N) is 1. The van der Waals surface area contributed by atoms with Gasteiger partial charge in [0, 0.05) is 19.2 Å². The van der Waals surface area contributed by atoms with Crippen molar-refractivity contribution in [2.24, 2.45) is 5.92 Å². The molecule has 120 valence electrons. The molecule has 1 aromatic rings. The van der Waals surface area contributed by atoms with Crippen LogP contribution in [0.15, 0.2) is 24.3 Å². The number of benzene rings is 1. The molecule has 1 unspecified atom stereocenters. The minimum absolute atomic E-state index is 0.508. The molecule has 0 saturated carbocycles. The lowest BCUT2D eigenvalue weighted by atomic mass is 10.1. The summed E-state index contributed by atoms with van der Waals surface area (Å²) < 4.78 is 11.3. The van der Waals surface area contributed by atoms with Crippen LogP contribution in [0, 0.1) is 5.92 Å². The van der Waals surface area contributed by atoms with Gasteiger partial charge >= 0.3 is 0 Å². The van der Waals surface area contributed by atoms with Crippen LogP contribution in [0.1, 0.15) is 46.1 Å². The van der Waals surface area contributed by atoms with E-state index in [1.54, 1.807) is 0 Å². The van der Waals surface area contributed by atoms with Crippen LogP contribution in [-0.2, 0) is 11.3 Å². The first-order valence-corrected chi connectivity index (χ1v) is 8.14. The highest BCUT2D eigenvalue weighted by atomic mass is 16.5. The van der Waals surface area contributed by atoms with Gasteiger partial charge in [-0.25, -0.2) is 0 Å². The van der Waals surface area contributed by atoms with E-state index in [4.69, 9.17) is 9.47 Å². The smallest absolute Gasteiger partial charge is 0.119 e.